The number of benzene rings is 2. The molecule has 0 saturated heterocycles. The molecule has 1 aliphatic heterocycles. The van der Waals surface area contributed by atoms with Crippen LogP contribution in [0.1, 0.15) is 28.5 Å². The van der Waals surface area contributed by atoms with Gasteiger partial charge in [-0.05, 0) is 55.3 Å². The molecular formula is C23H19ClN4O3S. The first-order valence-electron chi connectivity index (χ1n) is 9.85. The van der Waals surface area contributed by atoms with Crippen LogP contribution in [0.2, 0.25) is 0 Å². The van der Waals surface area contributed by atoms with Gasteiger partial charge >= 0.3 is 0 Å². The van der Waals surface area contributed by atoms with E-state index in [2.05, 4.69) is 15.6 Å². The van der Waals surface area contributed by atoms with E-state index in [1.165, 1.54) is 11.3 Å². The highest BCUT2D eigenvalue weighted by Gasteiger charge is 2.38. The van der Waals surface area contributed by atoms with E-state index >= 15 is 0 Å². The Labute approximate surface area is 193 Å². The number of thiazole rings is 1. The van der Waals surface area contributed by atoms with Gasteiger partial charge in [-0.3, -0.25) is 19.7 Å². The van der Waals surface area contributed by atoms with Crippen LogP contribution in [-0.4, -0.2) is 22.7 Å². The van der Waals surface area contributed by atoms with Gasteiger partial charge in [0.05, 0.1) is 11.4 Å². The molecule has 32 heavy (non-hydrogen) atoms. The zero-order valence-corrected chi connectivity index (χ0v) is 18.9. The number of carbonyl (C=O) groups is 3. The van der Waals surface area contributed by atoms with Gasteiger partial charge in [0.2, 0.25) is 0 Å². The quantitative estimate of drug-likeness (QED) is 0.514. The van der Waals surface area contributed by atoms with Gasteiger partial charge in [-0.15, -0.1) is 11.3 Å². The topological polar surface area (TPSA) is 91.4 Å². The lowest BCUT2D eigenvalue weighted by Crippen LogP contribution is -2.32. The number of hydrogen-bond acceptors (Lipinski definition) is 6. The van der Waals surface area contributed by atoms with Crippen molar-refractivity contribution in [3.05, 3.63) is 81.5 Å². The molecule has 4 rings (SSSR count). The number of aryl methyl sites for hydroxylation is 2. The molecule has 2 heterocycles. The molecule has 0 atom stereocenters. The Morgan fingerprint density at radius 2 is 1.75 bits per heavy atom. The second-order valence-corrected chi connectivity index (χ2v) is 8.34. The Balaban J connectivity index is 1.47. The predicted octanol–water partition coefficient (Wildman–Crippen LogP) is 4.70. The van der Waals surface area contributed by atoms with E-state index in [4.69, 9.17) is 11.6 Å². The summed E-state index contributed by atoms with van der Waals surface area (Å²) in [7, 11) is 0. The van der Waals surface area contributed by atoms with Crippen LogP contribution in [0, 0.1) is 6.92 Å². The summed E-state index contributed by atoms with van der Waals surface area (Å²) in [5.74, 6) is -1.42. The molecule has 1 aliphatic rings. The lowest BCUT2D eigenvalue weighted by molar-refractivity contribution is -0.120. The zero-order chi connectivity index (χ0) is 22.8. The highest BCUT2D eigenvalue weighted by atomic mass is 35.5. The number of nitrogens with zero attached hydrogens (tertiary/aromatic N) is 2. The number of imide groups is 1. The van der Waals surface area contributed by atoms with Crippen molar-refractivity contribution >= 4 is 57.2 Å². The third-order valence-electron chi connectivity index (χ3n) is 4.89. The maximum atomic E-state index is 12.9. The van der Waals surface area contributed by atoms with Gasteiger partial charge in [0.15, 0.2) is 5.13 Å². The van der Waals surface area contributed by atoms with Crippen molar-refractivity contribution < 1.29 is 14.4 Å². The molecule has 3 amide bonds. The number of rotatable bonds is 6. The average molecular weight is 467 g/mol. The molecule has 1 aromatic heterocycles. The van der Waals surface area contributed by atoms with E-state index in [0.717, 1.165) is 22.6 Å². The summed E-state index contributed by atoms with van der Waals surface area (Å²) in [5, 5.41) is 7.83. The van der Waals surface area contributed by atoms with Crippen LogP contribution in [0.3, 0.4) is 0 Å². The number of hydrogen-bond donors (Lipinski definition) is 2. The molecule has 0 spiro atoms. The van der Waals surface area contributed by atoms with Crippen molar-refractivity contribution in [1.82, 2.24) is 4.98 Å². The molecule has 162 valence electrons. The number of halogens is 1. The fraction of sp³-hybridized carbons (Fsp3) is 0.130. The lowest BCUT2D eigenvalue weighted by atomic mass is 10.1. The maximum Gasteiger partial charge on any atom is 0.283 e. The van der Waals surface area contributed by atoms with E-state index < -0.39 is 11.8 Å². The number of amides is 3. The minimum Gasteiger partial charge on any atom is -0.350 e. The van der Waals surface area contributed by atoms with Gasteiger partial charge in [-0.2, -0.15) is 0 Å². The summed E-state index contributed by atoms with van der Waals surface area (Å²) in [6.07, 6.45) is 0.853. The fourth-order valence-corrected chi connectivity index (χ4v) is 4.05. The molecule has 9 heteroatoms. The summed E-state index contributed by atoms with van der Waals surface area (Å²) < 4.78 is 0. The first-order valence-corrected chi connectivity index (χ1v) is 11.1. The molecule has 2 aromatic carbocycles. The second kappa shape index (κ2) is 8.94. The summed E-state index contributed by atoms with van der Waals surface area (Å²) in [5.41, 5.74) is 3.32. The number of nitrogens with one attached hydrogen (secondary N) is 2. The van der Waals surface area contributed by atoms with Crippen molar-refractivity contribution in [2.45, 2.75) is 20.3 Å². The van der Waals surface area contributed by atoms with Gasteiger partial charge in [-0.1, -0.05) is 30.7 Å². The Morgan fingerprint density at radius 3 is 2.34 bits per heavy atom. The molecule has 0 saturated carbocycles. The van der Waals surface area contributed by atoms with Gasteiger partial charge in [0.25, 0.3) is 17.7 Å². The van der Waals surface area contributed by atoms with E-state index in [9.17, 15) is 14.4 Å². The van der Waals surface area contributed by atoms with Crippen LogP contribution in [-0.2, 0) is 16.0 Å². The van der Waals surface area contributed by atoms with Crippen molar-refractivity contribution in [3.63, 3.8) is 0 Å². The van der Waals surface area contributed by atoms with E-state index in [1.54, 1.807) is 36.4 Å². The first kappa shape index (κ1) is 21.7. The van der Waals surface area contributed by atoms with Crippen molar-refractivity contribution in [2.24, 2.45) is 0 Å². The van der Waals surface area contributed by atoms with E-state index in [0.29, 0.717) is 22.1 Å². The lowest BCUT2D eigenvalue weighted by Gasteiger charge is -2.15. The minimum atomic E-state index is -0.585. The van der Waals surface area contributed by atoms with Crippen LogP contribution < -0.4 is 15.5 Å². The standard InChI is InChI=1S/C23H19ClN4O3S/c1-3-14-4-10-17(11-5-14)28-21(30)18(24)19(22(28)31)26-16-8-6-15(7-9-16)20(29)27-23-25-13(2)12-32-23/h4-12,26H,3H2,1-2H3,(H,25,27,29). The largest absolute Gasteiger partial charge is 0.350 e. The van der Waals surface area contributed by atoms with Gasteiger partial charge in [-0.25, -0.2) is 9.88 Å². The summed E-state index contributed by atoms with van der Waals surface area (Å²) in [4.78, 5) is 43.1. The molecule has 0 unspecified atom stereocenters. The summed E-state index contributed by atoms with van der Waals surface area (Å²) in [6, 6.07) is 13.7. The smallest absolute Gasteiger partial charge is 0.283 e. The molecule has 7 nitrogen and oxygen atoms in total. The SMILES string of the molecule is CCc1ccc(N2C(=O)C(Cl)=C(Nc3ccc(C(=O)Nc4nc(C)cs4)cc3)C2=O)cc1. The molecule has 2 N–H and O–H groups in total. The molecule has 0 bridgehead atoms. The average Bonchev–Trinajstić information content (AvgIpc) is 3.30. The van der Waals surface area contributed by atoms with E-state index in [-0.39, 0.29) is 16.6 Å². The van der Waals surface area contributed by atoms with Crippen LogP contribution in [0.25, 0.3) is 0 Å². The molecule has 3 aromatic rings. The van der Waals surface area contributed by atoms with Crippen molar-refractivity contribution in [3.8, 4) is 0 Å². The normalized spacial score (nSPS) is 13.7. The van der Waals surface area contributed by atoms with Gasteiger partial charge in [0, 0.05) is 16.6 Å². The monoisotopic (exact) mass is 466 g/mol. The molecule has 0 aliphatic carbocycles. The Bertz CT molecular complexity index is 1230. The Kier molecular flexibility index (Phi) is 6.07. The third-order valence-corrected chi connectivity index (χ3v) is 6.11. The van der Waals surface area contributed by atoms with Crippen LogP contribution in [0.4, 0.5) is 16.5 Å². The number of anilines is 3. The van der Waals surface area contributed by atoms with Crippen molar-refractivity contribution in [2.75, 3.05) is 15.5 Å². The highest BCUT2D eigenvalue weighted by Crippen LogP contribution is 2.30. The van der Waals surface area contributed by atoms with Gasteiger partial charge in [0.1, 0.15) is 10.7 Å². The van der Waals surface area contributed by atoms with Crippen molar-refractivity contribution in [1.29, 1.82) is 0 Å². The Hall–Kier alpha value is -3.49. The fourth-order valence-electron chi connectivity index (χ4n) is 3.16. The number of carbonyl (C=O) groups excluding carboxylic acids is 3. The first-order chi connectivity index (χ1) is 15.4. The number of aromatic nitrogens is 1. The van der Waals surface area contributed by atoms with Crippen LogP contribution in [0.5, 0.6) is 0 Å². The third kappa shape index (κ3) is 4.28. The van der Waals surface area contributed by atoms with E-state index in [1.807, 2.05) is 31.4 Å². The minimum absolute atomic E-state index is 0.00769. The summed E-state index contributed by atoms with van der Waals surface area (Å²) in [6.45, 7) is 3.87. The predicted molar refractivity (Wildman–Crippen MR) is 126 cm³/mol. The Morgan fingerprint density at radius 1 is 1.06 bits per heavy atom. The van der Waals surface area contributed by atoms with Crippen LogP contribution >= 0.6 is 22.9 Å². The highest BCUT2D eigenvalue weighted by molar-refractivity contribution is 7.13. The van der Waals surface area contributed by atoms with Crippen LogP contribution in [0.15, 0.2) is 64.6 Å². The molecular weight excluding hydrogens is 448 g/mol. The maximum absolute atomic E-state index is 12.9. The molecule has 0 radical (unpaired) electrons. The molecule has 0 fully saturated rings. The zero-order valence-electron chi connectivity index (χ0n) is 17.3. The summed E-state index contributed by atoms with van der Waals surface area (Å²) >= 11 is 7.53. The van der Waals surface area contributed by atoms with Gasteiger partial charge < -0.3 is 5.32 Å². The second-order valence-electron chi connectivity index (χ2n) is 7.11.